The van der Waals surface area contributed by atoms with Crippen molar-refractivity contribution in [2.45, 2.75) is 18.0 Å². The minimum absolute atomic E-state index is 0.00557. The quantitative estimate of drug-likeness (QED) is 0.454. The topological polar surface area (TPSA) is 52.0 Å². The molecule has 0 aliphatic heterocycles. The average Bonchev–Trinajstić information content (AvgIpc) is 3.01. The fourth-order valence-electron chi connectivity index (χ4n) is 2.88. The monoisotopic (exact) mass is 472 g/mol. The molecule has 30 heavy (non-hydrogen) atoms. The molecule has 0 saturated carbocycles. The summed E-state index contributed by atoms with van der Waals surface area (Å²) in [6.07, 6.45) is -3.76. The van der Waals surface area contributed by atoms with Crippen LogP contribution in [0.3, 0.4) is 0 Å². The van der Waals surface area contributed by atoms with Crippen molar-refractivity contribution in [3.63, 3.8) is 0 Å². The maximum Gasteiger partial charge on any atom is 0.434 e. The van der Waals surface area contributed by atoms with Crippen LogP contribution in [-0.4, -0.2) is 24.5 Å². The number of aromatic nitrogens is 2. The second kappa shape index (κ2) is 7.99. The third kappa shape index (κ3) is 4.33. The summed E-state index contributed by atoms with van der Waals surface area (Å²) in [5.41, 5.74) is -1.08. The first-order valence-corrected chi connectivity index (χ1v) is 11.0. The van der Waals surface area contributed by atoms with Gasteiger partial charge >= 0.3 is 6.18 Å². The lowest BCUT2D eigenvalue weighted by Gasteiger charge is -2.12. The van der Waals surface area contributed by atoms with Crippen LogP contribution in [0.25, 0.3) is 22.4 Å². The maximum atomic E-state index is 14.0. The minimum Gasteiger partial charge on any atom is -0.224 e. The largest absolute Gasteiger partial charge is 0.434 e. The van der Waals surface area contributed by atoms with Gasteiger partial charge in [-0.2, -0.15) is 23.0 Å². The molecule has 0 fully saturated rings. The molecular formula is C20H13Cl2F3N2O2S. The maximum absolute atomic E-state index is 14.0. The van der Waals surface area contributed by atoms with Gasteiger partial charge in [-0.05, 0) is 31.2 Å². The van der Waals surface area contributed by atoms with E-state index < -0.39 is 21.7 Å². The van der Waals surface area contributed by atoms with Crippen molar-refractivity contribution in [1.82, 2.24) is 9.78 Å². The summed E-state index contributed by atoms with van der Waals surface area (Å²) < 4.78 is 66.0. The van der Waals surface area contributed by atoms with E-state index in [4.69, 9.17) is 23.2 Å². The first-order chi connectivity index (χ1) is 13.9. The Hall–Kier alpha value is -2.47. The van der Waals surface area contributed by atoms with Crippen molar-refractivity contribution < 1.29 is 21.6 Å². The molecule has 0 radical (unpaired) electrons. The van der Waals surface area contributed by atoms with E-state index in [-0.39, 0.29) is 37.3 Å². The molecule has 0 amide bonds. The molecule has 0 bridgehead atoms. The van der Waals surface area contributed by atoms with Gasteiger partial charge in [0, 0.05) is 34.0 Å². The average molecular weight is 473 g/mol. The number of nitrogens with zero attached hydrogens (tertiary/aromatic N) is 2. The van der Waals surface area contributed by atoms with Gasteiger partial charge in [-0.3, -0.25) is 0 Å². The molecule has 3 aromatic rings. The normalized spacial score (nSPS) is 11.8. The fourth-order valence-corrected chi connectivity index (χ4v) is 4.01. The van der Waals surface area contributed by atoms with Crippen molar-refractivity contribution in [3.8, 4) is 34.3 Å². The smallest absolute Gasteiger partial charge is 0.224 e. The summed E-state index contributed by atoms with van der Waals surface area (Å²) in [7, 11) is -3.47. The number of rotatable bonds is 3. The van der Waals surface area contributed by atoms with Crippen LogP contribution in [0.1, 0.15) is 12.6 Å². The van der Waals surface area contributed by atoms with Crippen molar-refractivity contribution in [3.05, 3.63) is 58.2 Å². The Kier molecular flexibility index (Phi) is 5.92. The van der Waals surface area contributed by atoms with E-state index in [1.165, 1.54) is 49.4 Å². The molecule has 0 atom stereocenters. The van der Waals surface area contributed by atoms with Gasteiger partial charge < -0.3 is 0 Å². The molecule has 1 aromatic heterocycles. The van der Waals surface area contributed by atoms with Gasteiger partial charge in [-0.25, -0.2) is 8.42 Å². The van der Waals surface area contributed by atoms with Gasteiger partial charge in [0.05, 0.1) is 9.92 Å². The molecule has 0 aliphatic carbocycles. The van der Waals surface area contributed by atoms with E-state index in [1.54, 1.807) is 0 Å². The van der Waals surface area contributed by atoms with Crippen molar-refractivity contribution in [2.75, 3.05) is 6.26 Å². The summed E-state index contributed by atoms with van der Waals surface area (Å²) in [4.78, 5) is 0.0288. The van der Waals surface area contributed by atoms with Gasteiger partial charge in [0.25, 0.3) is 0 Å². The Balaban J connectivity index is 2.39. The molecule has 156 valence electrons. The minimum atomic E-state index is -4.79. The molecule has 0 spiro atoms. The van der Waals surface area contributed by atoms with E-state index in [9.17, 15) is 21.6 Å². The Morgan fingerprint density at radius 2 is 1.70 bits per heavy atom. The zero-order valence-electron chi connectivity index (χ0n) is 15.6. The van der Waals surface area contributed by atoms with Crippen LogP contribution in [0.15, 0.2) is 47.4 Å². The van der Waals surface area contributed by atoms with E-state index in [2.05, 4.69) is 17.1 Å². The predicted molar refractivity (Wildman–Crippen MR) is 110 cm³/mol. The summed E-state index contributed by atoms with van der Waals surface area (Å²) in [5.74, 6) is 2.41. The molecule has 0 aliphatic rings. The summed E-state index contributed by atoms with van der Waals surface area (Å²) in [5, 5.41) is 4.32. The van der Waals surface area contributed by atoms with E-state index in [0.29, 0.717) is 4.68 Å². The van der Waals surface area contributed by atoms with Crippen LogP contribution in [0.2, 0.25) is 10.0 Å². The van der Waals surface area contributed by atoms with Crippen molar-refractivity contribution >= 4 is 33.0 Å². The molecule has 0 N–H and O–H groups in total. The van der Waals surface area contributed by atoms with Crippen LogP contribution >= 0.6 is 23.2 Å². The SMILES string of the molecule is CC#Cn1nc(-c2ccc(S(C)(=O)=O)cc2)c(-c2ccc(Cl)cc2Cl)c1C(F)(F)F. The lowest BCUT2D eigenvalue weighted by atomic mass is 9.98. The van der Waals surface area contributed by atoms with Crippen LogP contribution in [0, 0.1) is 12.0 Å². The highest BCUT2D eigenvalue weighted by molar-refractivity contribution is 7.90. The Bertz CT molecular complexity index is 1290. The number of benzene rings is 2. The molecule has 0 unspecified atom stereocenters. The van der Waals surface area contributed by atoms with Gasteiger partial charge in [0.2, 0.25) is 0 Å². The Labute approximate surface area is 181 Å². The van der Waals surface area contributed by atoms with E-state index in [1.807, 2.05) is 0 Å². The number of hydrogen-bond donors (Lipinski definition) is 0. The zero-order valence-corrected chi connectivity index (χ0v) is 17.9. The summed E-state index contributed by atoms with van der Waals surface area (Å²) >= 11 is 12.1. The Morgan fingerprint density at radius 3 is 2.20 bits per heavy atom. The molecule has 2 aromatic carbocycles. The number of halogens is 5. The highest BCUT2D eigenvalue weighted by Gasteiger charge is 2.41. The van der Waals surface area contributed by atoms with Crippen LogP contribution in [0.4, 0.5) is 13.2 Å². The Morgan fingerprint density at radius 1 is 1.07 bits per heavy atom. The number of hydrogen-bond acceptors (Lipinski definition) is 3. The van der Waals surface area contributed by atoms with Gasteiger partial charge in [0.1, 0.15) is 5.69 Å². The molecular weight excluding hydrogens is 460 g/mol. The fraction of sp³-hybridized carbons (Fsp3) is 0.150. The predicted octanol–water partition coefficient (Wildman–Crippen LogP) is 5.78. The van der Waals surface area contributed by atoms with Crippen LogP contribution in [-0.2, 0) is 16.0 Å². The third-order valence-corrected chi connectivity index (χ3v) is 5.80. The lowest BCUT2D eigenvalue weighted by Crippen LogP contribution is -2.13. The molecule has 10 heteroatoms. The van der Waals surface area contributed by atoms with Crippen LogP contribution in [0.5, 0.6) is 0 Å². The zero-order chi connectivity index (χ0) is 22.3. The third-order valence-electron chi connectivity index (χ3n) is 4.13. The molecule has 1 heterocycles. The van der Waals surface area contributed by atoms with Gasteiger partial charge in [0.15, 0.2) is 15.5 Å². The lowest BCUT2D eigenvalue weighted by molar-refractivity contribution is -0.142. The number of alkyl halides is 3. The van der Waals surface area contributed by atoms with Gasteiger partial charge in [-0.1, -0.05) is 47.3 Å². The molecule has 3 rings (SSSR count). The standard InChI is InChI=1S/C20H13Cl2F3N2O2S/c1-3-10-27-19(20(23,24)25)17(15-9-6-13(21)11-16(15)22)18(26-27)12-4-7-14(8-5-12)30(2,28)29/h4-9,11H,1-2H3. The highest BCUT2D eigenvalue weighted by Crippen LogP contribution is 2.45. The van der Waals surface area contributed by atoms with Crippen molar-refractivity contribution in [2.24, 2.45) is 0 Å². The highest BCUT2D eigenvalue weighted by atomic mass is 35.5. The second-order valence-electron chi connectivity index (χ2n) is 6.26. The number of sulfone groups is 1. The molecule has 4 nitrogen and oxygen atoms in total. The molecule has 0 saturated heterocycles. The van der Waals surface area contributed by atoms with Crippen molar-refractivity contribution in [1.29, 1.82) is 0 Å². The first-order valence-electron chi connectivity index (χ1n) is 8.32. The van der Waals surface area contributed by atoms with E-state index >= 15 is 0 Å². The van der Waals surface area contributed by atoms with Crippen LogP contribution < -0.4 is 0 Å². The summed E-state index contributed by atoms with van der Waals surface area (Å²) in [6.45, 7) is 1.39. The summed E-state index contributed by atoms with van der Waals surface area (Å²) in [6, 6.07) is 11.8. The second-order valence-corrected chi connectivity index (χ2v) is 9.12. The van der Waals surface area contributed by atoms with Gasteiger partial charge in [-0.15, -0.1) is 0 Å². The van der Waals surface area contributed by atoms with E-state index in [0.717, 1.165) is 6.26 Å². The first kappa shape index (κ1) is 22.2.